The number of anilines is 1. The number of amides is 6. The molecule has 3 heterocycles. The molecule has 212 valence electrons. The summed E-state index contributed by atoms with van der Waals surface area (Å²) in [5.41, 5.74) is 3.74. The van der Waals surface area contributed by atoms with Gasteiger partial charge < -0.3 is 21.0 Å². The minimum absolute atomic E-state index is 0.0300. The number of oxime groups is 1. The van der Waals surface area contributed by atoms with Crippen molar-refractivity contribution in [2.24, 2.45) is 10.3 Å². The number of hydrogen-bond acceptors (Lipinski definition) is 13. The Balaban J connectivity index is 1.65. The third-order valence-electron chi connectivity index (χ3n) is 5.12. The Kier molecular flexibility index (Phi) is 8.10. The van der Waals surface area contributed by atoms with Crippen molar-refractivity contribution in [3.05, 3.63) is 11.1 Å². The molecule has 2 fully saturated rings. The molecule has 39 heavy (non-hydrogen) atoms. The molecule has 0 aliphatic carbocycles. The van der Waals surface area contributed by atoms with Crippen LogP contribution < -0.4 is 15.8 Å². The quantitative estimate of drug-likeness (QED) is 0.150. The van der Waals surface area contributed by atoms with Crippen LogP contribution in [0.25, 0.3) is 0 Å². The van der Waals surface area contributed by atoms with Gasteiger partial charge in [0, 0.05) is 11.1 Å². The van der Waals surface area contributed by atoms with Crippen molar-refractivity contribution in [2.45, 2.75) is 39.3 Å². The van der Waals surface area contributed by atoms with Gasteiger partial charge in [-0.3, -0.25) is 14.5 Å². The fourth-order valence-electron chi connectivity index (χ4n) is 3.03. The Morgan fingerprint density at radius 2 is 1.92 bits per heavy atom. The first kappa shape index (κ1) is 29.2. The number of carbonyl (C=O) groups is 5. The van der Waals surface area contributed by atoms with Gasteiger partial charge in [0.05, 0.1) is 19.6 Å². The molecule has 0 aromatic carbocycles. The summed E-state index contributed by atoms with van der Waals surface area (Å²) in [6.07, 6.45) is 0. The molecule has 1 aromatic rings. The van der Waals surface area contributed by atoms with Gasteiger partial charge in [-0.1, -0.05) is 5.16 Å². The monoisotopic (exact) mass is 587 g/mol. The number of nitrogens with zero attached hydrogens (tertiary/aromatic N) is 6. The number of aliphatic carboxylic acids is 1. The summed E-state index contributed by atoms with van der Waals surface area (Å²) in [5.74, 6) is -3.33. The lowest BCUT2D eigenvalue weighted by Crippen LogP contribution is -2.68. The highest BCUT2D eigenvalue weighted by atomic mass is 32.2. The second-order valence-electron chi connectivity index (χ2n) is 8.83. The molecule has 20 heteroatoms. The highest BCUT2D eigenvalue weighted by Gasteiger charge is 2.45. The van der Waals surface area contributed by atoms with Gasteiger partial charge in [0.25, 0.3) is 11.8 Å². The molecule has 0 spiro atoms. The van der Waals surface area contributed by atoms with Crippen LogP contribution in [0.15, 0.2) is 15.6 Å². The highest BCUT2D eigenvalue weighted by molar-refractivity contribution is 7.88. The maximum Gasteiger partial charge on any atom is 0.355 e. The van der Waals surface area contributed by atoms with E-state index in [1.165, 1.54) is 19.2 Å². The Morgan fingerprint density at radius 3 is 2.46 bits per heavy atom. The predicted octanol–water partition coefficient (Wildman–Crippen LogP) is -1.28. The number of hydrogen-bond donors (Lipinski definition) is 4. The van der Waals surface area contributed by atoms with E-state index in [9.17, 15) is 37.5 Å². The minimum Gasteiger partial charge on any atom is -0.478 e. The van der Waals surface area contributed by atoms with E-state index in [4.69, 9.17) is 10.6 Å². The molecular weight excluding hydrogens is 562 g/mol. The largest absolute Gasteiger partial charge is 0.478 e. The first-order chi connectivity index (χ1) is 18.0. The number of carboxylic acid groups (broad SMARTS) is 1. The SMILES string of the molecule is CC(C)=NN1CCN(S(=O)(=O)NC(=O)N2CC(NC(=O)C(=NOC(C)(C)C(=O)O)c3csc(N)n3)C2=O)C1=O. The zero-order valence-corrected chi connectivity index (χ0v) is 22.7. The lowest BCUT2D eigenvalue weighted by atomic mass is 10.1. The fourth-order valence-corrected chi connectivity index (χ4v) is 4.64. The molecule has 2 aliphatic heterocycles. The fraction of sp³-hybridized carbons (Fsp3) is 0.474. The van der Waals surface area contributed by atoms with Crippen LogP contribution in [0.3, 0.4) is 0 Å². The number of nitrogens with one attached hydrogen (secondary N) is 2. The zero-order chi connectivity index (χ0) is 29.3. The first-order valence-electron chi connectivity index (χ1n) is 11.0. The Bertz CT molecular complexity index is 1380. The van der Waals surface area contributed by atoms with E-state index < -0.39 is 64.0 Å². The number of carbonyl (C=O) groups excluding carboxylic acids is 4. The third kappa shape index (κ3) is 6.39. The molecule has 2 aliphatic rings. The van der Waals surface area contributed by atoms with Crippen LogP contribution in [0.5, 0.6) is 0 Å². The van der Waals surface area contributed by atoms with Gasteiger partial charge in [0.1, 0.15) is 11.7 Å². The van der Waals surface area contributed by atoms with Gasteiger partial charge in [0.2, 0.25) is 5.60 Å². The van der Waals surface area contributed by atoms with E-state index in [0.717, 1.165) is 16.3 Å². The average Bonchev–Trinajstić information content (AvgIpc) is 3.41. The average molecular weight is 588 g/mol. The number of imide groups is 1. The number of thiazole rings is 1. The zero-order valence-electron chi connectivity index (χ0n) is 21.1. The number of rotatable bonds is 9. The van der Waals surface area contributed by atoms with Crippen LogP contribution in [0, 0.1) is 0 Å². The molecule has 0 bridgehead atoms. The predicted molar refractivity (Wildman–Crippen MR) is 135 cm³/mol. The molecule has 1 aromatic heterocycles. The summed E-state index contributed by atoms with van der Waals surface area (Å²) in [4.78, 5) is 70.8. The van der Waals surface area contributed by atoms with E-state index in [-0.39, 0.29) is 23.9 Å². The lowest BCUT2D eigenvalue weighted by molar-refractivity contribution is -0.161. The highest BCUT2D eigenvalue weighted by Crippen LogP contribution is 2.18. The van der Waals surface area contributed by atoms with Crippen LogP contribution in [0.1, 0.15) is 33.4 Å². The molecule has 1 atom stereocenters. The van der Waals surface area contributed by atoms with Crippen molar-refractivity contribution < 1.29 is 42.3 Å². The topological polar surface area (TPSA) is 246 Å². The van der Waals surface area contributed by atoms with E-state index in [2.05, 4.69) is 20.6 Å². The molecule has 0 radical (unpaired) electrons. The van der Waals surface area contributed by atoms with E-state index in [1.807, 2.05) is 0 Å². The van der Waals surface area contributed by atoms with Crippen molar-refractivity contribution in [1.29, 1.82) is 0 Å². The summed E-state index contributed by atoms with van der Waals surface area (Å²) in [5, 5.41) is 21.3. The molecule has 1 unspecified atom stereocenters. The van der Waals surface area contributed by atoms with Gasteiger partial charge in [0.15, 0.2) is 10.8 Å². The first-order valence-corrected chi connectivity index (χ1v) is 13.4. The van der Waals surface area contributed by atoms with Gasteiger partial charge in [-0.15, -0.1) is 11.3 Å². The number of β-lactam (4-membered cyclic amide) rings is 1. The summed E-state index contributed by atoms with van der Waals surface area (Å²) in [7, 11) is -4.65. The number of likely N-dealkylation sites (tertiary alicyclic amines) is 1. The van der Waals surface area contributed by atoms with Crippen LogP contribution >= 0.6 is 11.3 Å². The molecule has 18 nitrogen and oxygen atoms in total. The number of urea groups is 2. The van der Waals surface area contributed by atoms with Crippen molar-refractivity contribution in [3.63, 3.8) is 0 Å². The number of hydrazone groups is 1. The summed E-state index contributed by atoms with van der Waals surface area (Å²) in [6.45, 7) is 4.89. The van der Waals surface area contributed by atoms with E-state index in [1.54, 1.807) is 18.6 Å². The minimum atomic E-state index is -4.65. The molecule has 6 amide bonds. The van der Waals surface area contributed by atoms with E-state index in [0.29, 0.717) is 14.9 Å². The second kappa shape index (κ2) is 10.8. The summed E-state index contributed by atoms with van der Waals surface area (Å²) >= 11 is 0.963. The Morgan fingerprint density at radius 1 is 1.26 bits per heavy atom. The maximum atomic E-state index is 12.8. The van der Waals surface area contributed by atoms with Gasteiger partial charge in [-0.05, 0) is 27.7 Å². The molecule has 2 saturated heterocycles. The standard InChI is InChI=1S/C19H25N9O9S2/c1-9(2)23-27-5-6-28(18(27)34)39(35,36)25-17(33)26-7-10(14(26)30)21-13(29)12(11-8-38-16(20)22-11)24-37-19(3,4)15(31)32/h8,10H,5-7H2,1-4H3,(H2,20,22)(H,21,29)(H,25,33)(H,31,32). The summed E-state index contributed by atoms with van der Waals surface area (Å²) < 4.78 is 27.1. The molecular formula is C19H25N9O9S2. The van der Waals surface area contributed by atoms with Crippen LogP contribution in [-0.4, -0.2) is 105 Å². The van der Waals surface area contributed by atoms with E-state index >= 15 is 0 Å². The lowest BCUT2D eigenvalue weighted by Gasteiger charge is -2.36. The second-order valence-corrected chi connectivity index (χ2v) is 11.3. The van der Waals surface area contributed by atoms with Crippen LogP contribution in [-0.2, 0) is 29.4 Å². The van der Waals surface area contributed by atoms with Gasteiger partial charge >= 0.3 is 28.2 Å². The number of aromatic nitrogens is 1. The third-order valence-corrected chi connectivity index (χ3v) is 7.14. The smallest absolute Gasteiger partial charge is 0.355 e. The molecule has 0 saturated carbocycles. The van der Waals surface area contributed by atoms with Gasteiger partial charge in [-0.2, -0.15) is 13.5 Å². The van der Waals surface area contributed by atoms with Crippen molar-refractivity contribution in [1.82, 2.24) is 29.2 Å². The maximum absolute atomic E-state index is 12.8. The normalized spacial score (nSPS) is 18.0. The number of nitrogens with two attached hydrogens (primary N) is 1. The van der Waals surface area contributed by atoms with Crippen LogP contribution in [0.4, 0.5) is 14.7 Å². The number of carboxylic acids is 1. The van der Waals surface area contributed by atoms with Crippen molar-refractivity contribution in [3.8, 4) is 0 Å². The van der Waals surface area contributed by atoms with Crippen LogP contribution in [0.2, 0.25) is 0 Å². The Hall–Kier alpha value is -4.33. The van der Waals surface area contributed by atoms with Crippen molar-refractivity contribution in [2.75, 3.05) is 25.4 Å². The molecule has 5 N–H and O–H groups in total. The number of nitrogen functional groups attached to an aromatic ring is 1. The summed E-state index contributed by atoms with van der Waals surface area (Å²) in [6, 6.07) is -3.57. The molecule has 3 rings (SSSR count). The van der Waals surface area contributed by atoms with Crippen molar-refractivity contribution >= 4 is 67.9 Å². The Labute approximate surface area is 225 Å². The van der Waals surface area contributed by atoms with Gasteiger partial charge in [-0.25, -0.2) is 33.4 Å².